The van der Waals surface area contributed by atoms with E-state index in [-0.39, 0.29) is 0 Å². The fraction of sp³-hybridized carbons (Fsp3) is 0.375. The minimum atomic E-state index is 0.295. The first-order valence-corrected chi connectivity index (χ1v) is 7.73. The number of rotatable bonds is 3. The van der Waals surface area contributed by atoms with Gasteiger partial charge in [-0.15, -0.1) is 0 Å². The van der Waals surface area contributed by atoms with Gasteiger partial charge in [0.25, 0.3) is 0 Å². The Morgan fingerprint density at radius 1 is 1.17 bits per heavy atom. The first kappa shape index (κ1) is 12.1. The Morgan fingerprint density at radius 3 is 2.83 bits per heavy atom. The lowest BCUT2D eigenvalue weighted by Gasteiger charge is -2.19. The standard InChI is InChI=1S/C16H19NS/c17-15(16-9-4-10-18-16)11-13-7-3-6-12-5-1-2-8-14(12)13/h1-3,5-8,15-16H,4,9-11,17H2. The Hall–Kier alpha value is -0.990. The van der Waals surface area contributed by atoms with E-state index in [1.54, 1.807) is 0 Å². The number of benzene rings is 2. The van der Waals surface area contributed by atoms with Crippen molar-refractivity contribution < 1.29 is 0 Å². The van der Waals surface area contributed by atoms with Gasteiger partial charge in [0.15, 0.2) is 0 Å². The van der Waals surface area contributed by atoms with E-state index in [1.807, 2.05) is 0 Å². The average Bonchev–Trinajstić information content (AvgIpc) is 2.93. The highest BCUT2D eigenvalue weighted by Gasteiger charge is 2.23. The molecule has 2 atom stereocenters. The molecule has 0 radical (unpaired) electrons. The maximum atomic E-state index is 6.38. The van der Waals surface area contributed by atoms with Crippen LogP contribution >= 0.6 is 11.8 Å². The third-order valence-electron chi connectivity index (χ3n) is 3.78. The molecule has 1 nitrogen and oxygen atoms in total. The molecule has 2 heteroatoms. The molecule has 0 bridgehead atoms. The molecule has 3 rings (SSSR count). The highest BCUT2D eigenvalue weighted by molar-refractivity contribution is 8.00. The zero-order chi connectivity index (χ0) is 12.4. The predicted molar refractivity (Wildman–Crippen MR) is 81.1 cm³/mol. The van der Waals surface area contributed by atoms with Gasteiger partial charge in [0, 0.05) is 11.3 Å². The molecule has 2 aromatic carbocycles. The van der Waals surface area contributed by atoms with Gasteiger partial charge in [0.05, 0.1) is 0 Å². The highest BCUT2D eigenvalue weighted by atomic mass is 32.2. The Kier molecular flexibility index (Phi) is 3.57. The van der Waals surface area contributed by atoms with Crippen LogP contribution in [0.5, 0.6) is 0 Å². The summed E-state index contributed by atoms with van der Waals surface area (Å²) in [7, 11) is 0. The summed E-state index contributed by atoms with van der Waals surface area (Å²) in [5, 5.41) is 3.34. The summed E-state index contributed by atoms with van der Waals surface area (Å²) in [4.78, 5) is 0. The zero-order valence-corrected chi connectivity index (χ0v) is 11.3. The van der Waals surface area contributed by atoms with Crippen molar-refractivity contribution in [2.24, 2.45) is 5.73 Å². The largest absolute Gasteiger partial charge is 0.326 e. The van der Waals surface area contributed by atoms with Crippen LogP contribution in [0.25, 0.3) is 10.8 Å². The number of nitrogens with two attached hydrogens (primary N) is 1. The van der Waals surface area contributed by atoms with Gasteiger partial charge in [-0.05, 0) is 41.4 Å². The van der Waals surface area contributed by atoms with E-state index in [0.717, 1.165) is 6.42 Å². The van der Waals surface area contributed by atoms with Gasteiger partial charge in [0.2, 0.25) is 0 Å². The molecular formula is C16H19NS. The molecule has 18 heavy (non-hydrogen) atoms. The lowest BCUT2D eigenvalue weighted by molar-refractivity contribution is 0.611. The van der Waals surface area contributed by atoms with Crippen LogP contribution in [0.15, 0.2) is 42.5 Å². The summed E-state index contributed by atoms with van der Waals surface area (Å²) < 4.78 is 0. The number of hydrogen-bond acceptors (Lipinski definition) is 2. The van der Waals surface area contributed by atoms with Gasteiger partial charge in [-0.1, -0.05) is 42.5 Å². The van der Waals surface area contributed by atoms with E-state index in [0.29, 0.717) is 11.3 Å². The van der Waals surface area contributed by atoms with Crippen LogP contribution in [-0.4, -0.2) is 17.0 Å². The fourth-order valence-electron chi connectivity index (χ4n) is 2.80. The monoisotopic (exact) mass is 257 g/mol. The van der Waals surface area contributed by atoms with Crippen molar-refractivity contribution in [3.63, 3.8) is 0 Å². The van der Waals surface area contributed by atoms with Crippen LogP contribution in [0.2, 0.25) is 0 Å². The van der Waals surface area contributed by atoms with E-state index in [9.17, 15) is 0 Å². The molecule has 94 valence electrons. The van der Waals surface area contributed by atoms with E-state index in [2.05, 4.69) is 54.2 Å². The molecule has 2 N–H and O–H groups in total. The van der Waals surface area contributed by atoms with E-state index in [4.69, 9.17) is 5.73 Å². The lowest BCUT2D eigenvalue weighted by atomic mass is 9.97. The summed E-state index contributed by atoms with van der Waals surface area (Å²) in [6.07, 6.45) is 3.62. The molecule has 1 aliphatic heterocycles. The van der Waals surface area contributed by atoms with Gasteiger partial charge in [0.1, 0.15) is 0 Å². The molecule has 0 saturated carbocycles. The topological polar surface area (TPSA) is 26.0 Å². The maximum absolute atomic E-state index is 6.38. The summed E-state index contributed by atoms with van der Waals surface area (Å²) in [6.45, 7) is 0. The first-order chi connectivity index (χ1) is 8.84. The number of thioether (sulfide) groups is 1. The second-order valence-electron chi connectivity index (χ2n) is 5.06. The predicted octanol–water partition coefficient (Wildman–Crippen LogP) is 3.61. The van der Waals surface area contributed by atoms with Crippen LogP contribution in [0.3, 0.4) is 0 Å². The van der Waals surface area contributed by atoms with Crippen molar-refractivity contribution in [3.8, 4) is 0 Å². The molecule has 2 unspecified atom stereocenters. The van der Waals surface area contributed by atoms with Crippen molar-refractivity contribution in [3.05, 3.63) is 48.0 Å². The Bertz CT molecular complexity index is 526. The summed E-state index contributed by atoms with van der Waals surface area (Å²) in [5.41, 5.74) is 7.78. The fourth-order valence-corrected chi connectivity index (χ4v) is 4.11. The van der Waals surface area contributed by atoms with Crippen LogP contribution in [0.4, 0.5) is 0 Å². The quantitative estimate of drug-likeness (QED) is 0.909. The second kappa shape index (κ2) is 5.33. The summed E-state index contributed by atoms with van der Waals surface area (Å²) in [6, 6.07) is 15.4. The van der Waals surface area contributed by atoms with Gasteiger partial charge < -0.3 is 5.73 Å². The van der Waals surface area contributed by atoms with E-state index in [1.165, 1.54) is 34.9 Å². The van der Waals surface area contributed by atoms with Crippen LogP contribution in [0.1, 0.15) is 18.4 Å². The van der Waals surface area contributed by atoms with E-state index < -0.39 is 0 Å². The van der Waals surface area contributed by atoms with Crippen molar-refractivity contribution in [1.29, 1.82) is 0 Å². The Morgan fingerprint density at radius 2 is 2.00 bits per heavy atom. The van der Waals surface area contributed by atoms with Crippen LogP contribution in [0, 0.1) is 0 Å². The normalized spacial score (nSPS) is 21.3. The lowest BCUT2D eigenvalue weighted by Crippen LogP contribution is -2.33. The van der Waals surface area contributed by atoms with Gasteiger partial charge in [-0.25, -0.2) is 0 Å². The number of fused-ring (bicyclic) bond motifs is 1. The first-order valence-electron chi connectivity index (χ1n) is 6.68. The molecule has 0 aliphatic carbocycles. The molecule has 0 amide bonds. The van der Waals surface area contributed by atoms with Crippen LogP contribution in [-0.2, 0) is 6.42 Å². The Labute approximate surface area is 113 Å². The second-order valence-corrected chi connectivity index (χ2v) is 6.40. The minimum absolute atomic E-state index is 0.295. The summed E-state index contributed by atoms with van der Waals surface area (Å²) in [5.74, 6) is 1.29. The van der Waals surface area contributed by atoms with Gasteiger partial charge in [-0.3, -0.25) is 0 Å². The van der Waals surface area contributed by atoms with Crippen LogP contribution < -0.4 is 5.73 Å². The third kappa shape index (κ3) is 2.40. The van der Waals surface area contributed by atoms with Gasteiger partial charge in [-0.2, -0.15) is 11.8 Å². The number of hydrogen-bond donors (Lipinski definition) is 1. The Balaban J connectivity index is 1.85. The molecule has 0 aromatic heterocycles. The van der Waals surface area contributed by atoms with Crippen molar-refractivity contribution in [1.82, 2.24) is 0 Å². The van der Waals surface area contributed by atoms with Crippen molar-refractivity contribution >= 4 is 22.5 Å². The van der Waals surface area contributed by atoms with E-state index >= 15 is 0 Å². The molecule has 0 spiro atoms. The smallest absolute Gasteiger partial charge is 0.0202 e. The molecule has 1 fully saturated rings. The molecule has 1 aliphatic rings. The molecule has 1 saturated heterocycles. The minimum Gasteiger partial charge on any atom is -0.326 e. The average molecular weight is 257 g/mol. The SMILES string of the molecule is NC(Cc1cccc2ccccc12)C1CCCS1. The van der Waals surface area contributed by atoms with Crippen molar-refractivity contribution in [2.45, 2.75) is 30.6 Å². The highest BCUT2D eigenvalue weighted by Crippen LogP contribution is 2.30. The molecular weight excluding hydrogens is 238 g/mol. The molecule has 2 aromatic rings. The maximum Gasteiger partial charge on any atom is 0.0202 e. The summed E-state index contributed by atoms with van der Waals surface area (Å²) >= 11 is 2.05. The zero-order valence-electron chi connectivity index (χ0n) is 10.5. The van der Waals surface area contributed by atoms with Crippen molar-refractivity contribution in [2.75, 3.05) is 5.75 Å². The van der Waals surface area contributed by atoms with Gasteiger partial charge >= 0.3 is 0 Å². The molecule has 1 heterocycles. The third-order valence-corrected chi connectivity index (χ3v) is 5.32.